The van der Waals surface area contributed by atoms with E-state index < -0.39 is 0 Å². The molecule has 106 valence electrons. The summed E-state index contributed by atoms with van der Waals surface area (Å²) < 4.78 is 14.8. The van der Waals surface area contributed by atoms with Crippen LogP contribution >= 0.6 is 11.8 Å². The molecule has 0 aliphatic rings. The van der Waals surface area contributed by atoms with Crippen LogP contribution in [0.15, 0.2) is 53.7 Å². The fourth-order valence-electron chi connectivity index (χ4n) is 2.10. The number of para-hydroxylation sites is 2. The monoisotopic (exact) mass is 300 g/mol. The Morgan fingerprint density at radius 2 is 1.90 bits per heavy atom. The summed E-state index contributed by atoms with van der Waals surface area (Å²) in [5.41, 5.74) is 2.47. The fourth-order valence-corrected chi connectivity index (χ4v) is 2.98. The smallest absolute Gasteiger partial charge is 0.173 e. The fraction of sp³-hybridized carbons (Fsp3) is 0.125. The van der Waals surface area contributed by atoms with E-state index in [2.05, 4.69) is 4.98 Å². The van der Waals surface area contributed by atoms with Gasteiger partial charge < -0.3 is 4.57 Å². The van der Waals surface area contributed by atoms with Gasteiger partial charge in [-0.15, -0.1) is 0 Å². The van der Waals surface area contributed by atoms with Gasteiger partial charge in [-0.05, 0) is 36.4 Å². The molecule has 0 saturated heterocycles. The lowest BCUT2D eigenvalue weighted by Crippen LogP contribution is -2.03. The van der Waals surface area contributed by atoms with Crippen LogP contribution in [0.25, 0.3) is 11.0 Å². The van der Waals surface area contributed by atoms with Crippen molar-refractivity contribution in [1.29, 1.82) is 0 Å². The number of rotatable bonds is 4. The molecule has 5 heteroatoms. The number of thioether (sulfide) groups is 1. The van der Waals surface area contributed by atoms with Crippen molar-refractivity contribution in [3.8, 4) is 0 Å². The van der Waals surface area contributed by atoms with Gasteiger partial charge in [0.25, 0.3) is 0 Å². The number of carbonyl (C=O) groups is 1. The molecule has 0 bridgehead atoms. The molecule has 0 amide bonds. The van der Waals surface area contributed by atoms with E-state index in [1.54, 1.807) is 0 Å². The van der Waals surface area contributed by atoms with Crippen molar-refractivity contribution < 1.29 is 9.18 Å². The average molecular weight is 300 g/mol. The molecule has 2 aromatic carbocycles. The maximum Gasteiger partial charge on any atom is 0.173 e. The molecule has 0 spiro atoms. The Kier molecular flexibility index (Phi) is 3.75. The molecule has 0 N–H and O–H groups in total. The highest BCUT2D eigenvalue weighted by molar-refractivity contribution is 7.99. The van der Waals surface area contributed by atoms with Gasteiger partial charge in [-0.3, -0.25) is 4.79 Å². The highest BCUT2D eigenvalue weighted by Crippen LogP contribution is 2.23. The van der Waals surface area contributed by atoms with E-state index in [-0.39, 0.29) is 17.4 Å². The van der Waals surface area contributed by atoms with Gasteiger partial charge in [0.1, 0.15) is 5.82 Å². The summed E-state index contributed by atoms with van der Waals surface area (Å²) in [5.74, 6) is -0.0930. The molecule has 3 nitrogen and oxygen atoms in total. The third-order valence-electron chi connectivity index (χ3n) is 3.24. The number of hydrogen-bond acceptors (Lipinski definition) is 3. The number of imidazole rings is 1. The first-order chi connectivity index (χ1) is 10.1. The van der Waals surface area contributed by atoms with Gasteiger partial charge in [-0.25, -0.2) is 9.37 Å². The lowest BCUT2D eigenvalue weighted by molar-refractivity contribution is 0.102. The molecule has 0 unspecified atom stereocenters. The van der Waals surface area contributed by atoms with E-state index in [1.807, 2.05) is 35.9 Å². The number of nitrogens with zero attached hydrogens (tertiary/aromatic N) is 2. The number of carbonyl (C=O) groups excluding carboxylic acids is 1. The van der Waals surface area contributed by atoms with Crippen LogP contribution in [0.3, 0.4) is 0 Å². The topological polar surface area (TPSA) is 34.9 Å². The Morgan fingerprint density at radius 1 is 1.19 bits per heavy atom. The summed E-state index contributed by atoms with van der Waals surface area (Å²) in [4.78, 5) is 16.6. The van der Waals surface area contributed by atoms with Crippen molar-refractivity contribution in [2.45, 2.75) is 5.16 Å². The zero-order chi connectivity index (χ0) is 14.8. The van der Waals surface area contributed by atoms with E-state index in [0.29, 0.717) is 5.56 Å². The standard InChI is InChI=1S/C16H13FN2OS/c1-19-14-5-3-2-4-13(14)18-16(19)21-10-15(20)11-6-8-12(17)9-7-11/h2-9H,10H2,1H3. The molecule has 3 rings (SSSR count). The van der Waals surface area contributed by atoms with Crippen molar-refractivity contribution in [1.82, 2.24) is 9.55 Å². The Bertz CT molecular complexity index is 796. The van der Waals surface area contributed by atoms with Crippen molar-refractivity contribution in [2.24, 2.45) is 7.05 Å². The number of benzene rings is 2. The van der Waals surface area contributed by atoms with E-state index in [9.17, 15) is 9.18 Å². The molecule has 0 aliphatic heterocycles. The molecule has 21 heavy (non-hydrogen) atoms. The summed E-state index contributed by atoms with van der Waals surface area (Å²) in [5, 5.41) is 0.798. The van der Waals surface area contributed by atoms with Crippen LogP contribution in [0.1, 0.15) is 10.4 Å². The van der Waals surface area contributed by atoms with Gasteiger partial charge in [0.2, 0.25) is 0 Å². The van der Waals surface area contributed by atoms with E-state index in [1.165, 1.54) is 36.0 Å². The van der Waals surface area contributed by atoms with E-state index in [4.69, 9.17) is 0 Å². The van der Waals surface area contributed by atoms with Gasteiger partial charge in [0.15, 0.2) is 10.9 Å². The molecule has 0 atom stereocenters. The summed E-state index contributed by atoms with van der Waals surface area (Å²) in [6.45, 7) is 0. The Labute approximate surface area is 125 Å². The van der Waals surface area contributed by atoms with E-state index >= 15 is 0 Å². The minimum absolute atomic E-state index is 0.0351. The third-order valence-corrected chi connectivity index (χ3v) is 4.27. The Morgan fingerprint density at radius 3 is 2.62 bits per heavy atom. The molecule has 3 aromatic rings. The van der Waals surface area contributed by atoms with Crippen LogP contribution in [0.4, 0.5) is 4.39 Å². The van der Waals surface area contributed by atoms with Crippen molar-refractivity contribution in [2.75, 3.05) is 5.75 Å². The number of Topliss-reactive ketones (excluding diaryl/α,β-unsaturated/α-hetero) is 1. The Balaban J connectivity index is 1.75. The number of aryl methyl sites for hydroxylation is 1. The first-order valence-corrected chi connectivity index (χ1v) is 7.47. The van der Waals surface area contributed by atoms with E-state index in [0.717, 1.165) is 16.2 Å². The van der Waals surface area contributed by atoms with Crippen molar-refractivity contribution in [3.05, 3.63) is 59.9 Å². The maximum absolute atomic E-state index is 12.8. The number of ketones is 1. The van der Waals surface area contributed by atoms with Gasteiger partial charge in [-0.1, -0.05) is 23.9 Å². The van der Waals surface area contributed by atoms with Gasteiger partial charge >= 0.3 is 0 Å². The van der Waals surface area contributed by atoms with Gasteiger partial charge in [-0.2, -0.15) is 0 Å². The lowest BCUT2D eigenvalue weighted by atomic mass is 10.1. The molecule has 1 heterocycles. The summed E-state index contributed by atoms with van der Waals surface area (Å²) >= 11 is 1.39. The summed E-state index contributed by atoms with van der Waals surface area (Å²) in [6.07, 6.45) is 0. The van der Waals surface area contributed by atoms with Crippen LogP contribution in [0.5, 0.6) is 0 Å². The SMILES string of the molecule is Cn1c(SCC(=O)c2ccc(F)cc2)nc2ccccc21. The first kappa shape index (κ1) is 13.8. The predicted molar refractivity (Wildman–Crippen MR) is 82.2 cm³/mol. The Hall–Kier alpha value is -2.14. The molecular formula is C16H13FN2OS. The molecular weight excluding hydrogens is 287 g/mol. The van der Waals surface area contributed by atoms with Crippen LogP contribution < -0.4 is 0 Å². The second kappa shape index (κ2) is 5.69. The van der Waals surface area contributed by atoms with Crippen LogP contribution in [-0.2, 0) is 7.05 Å². The zero-order valence-corrected chi connectivity index (χ0v) is 12.2. The van der Waals surface area contributed by atoms with Crippen LogP contribution in [0.2, 0.25) is 0 Å². The quantitative estimate of drug-likeness (QED) is 0.544. The average Bonchev–Trinajstić information content (AvgIpc) is 2.82. The lowest BCUT2D eigenvalue weighted by Gasteiger charge is -2.02. The van der Waals surface area contributed by atoms with Gasteiger partial charge in [0, 0.05) is 12.6 Å². The number of halogens is 1. The molecule has 1 aromatic heterocycles. The zero-order valence-electron chi connectivity index (χ0n) is 11.4. The van der Waals surface area contributed by atoms with Crippen molar-refractivity contribution >= 4 is 28.6 Å². The molecule has 0 aliphatic carbocycles. The van der Waals surface area contributed by atoms with Crippen LogP contribution in [-0.4, -0.2) is 21.1 Å². The highest BCUT2D eigenvalue weighted by atomic mass is 32.2. The predicted octanol–water partition coefficient (Wildman–Crippen LogP) is 3.69. The maximum atomic E-state index is 12.8. The first-order valence-electron chi connectivity index (χ1n) is 6.48. The second-order valence-electron chi connectivity index (χ2n) is 4.66. The summed E-state index contributed by atoms with van der Waals surface area (Å²) in [7, 11) is 1.93. The van der Waals surface area contributed by atoms with Crippen LogP contribution in [0, 0.1) is 5.82 Å². The van der Waals surface area contributed by atoms with Gasteiger partial charge in [0.05, 0.1) is 16.8 Å². The summed E-state index contributed by atoms with van der Waals surface area (Å²) in [6, 6.07) is 13.4. The highest BCUT2D eigenvalue weighted by Gasteiger charge is 2.11. The number of aromatic nitrogens is 2. The number of hydrogen-bond donors (Lipinski definition) is 0. The minimum atomic E-state index is -0.338. The molecule has 0 saturated carbocycles. The normalized spacial score (nSPS) is 11.0. The largest absolute Gasteiger partial charge is 0.322 e. The molecule has 0 radical (unpaired) electrons. The second-order valence-corrected chi connectivity index (χ2v) is 5.60. The molecule has 0 fully saturated rings. The number of fused-ring (bicyclic) bond motifs is 1. The minimum Gasteiger partial charge on any atom is -0.322 e. The van der Waals surface area contributed by atoms with Crippen molar-refractivity contribution in [3.63, 3.8) is 0 Å². The third kappa shape index (κ3) is 2.83.